The average Bonchev–Trinajstić information content (AvgIpc) is 2.95. The molecule has 0 bridgehead atoms. The van der Waals surface area contributed by atoms with E-state index >= 15 is 0 Å². The van der Waals surface area contributed by atoms with Gasteiger partial charge in [-0.05, 0) is 43.0 Å². The Hall–Kier alpha value is -2.82. The Labute approximate surface area is 166 Å². The van der Waals surface area contributed by atoms with Gasteiger partial charge >= 0.3 is 0 Å². The van der Waals surface area contributed by atoms with Crippen LogP contribution in [0.2, 0.25) is 0 Å². The molecule has 5 heteroatoms. The molecule has 2 amide bonds. The summed E-state index contributed by atoms with van der Waals surface area (Å²) in [6.07, 6.45) is 3.93. The maximum Gasteiger partial charge on any atom is 0.254 e. The van der Waals surface area contributed by atoms with Crippen molar-refractivity contribution in [3.05, 3.63) is 59.7 Å². The summed E-state index contributed by atoms with van der Waals surface area (Å²) in [6.45, 7) is 4.70. The molecule has 2 aromatic rings. The summed E-state index contributed by atoms with van der Waals surface area (Å²) in [5.74, 6) is 0.558. The van der Waals surface area contributed by atoms with E-state index in [9.17, 15) is 9.59 Å². The number of rotatable bonds is 9. The normalized spacial score (nSPS) is 15.4. The van der Waals surface area contributed by atoms with Gasteiger partial charge in [0.1, 0.15) is 11.8 Å². The first-order valence-electron chi connectivity index (χ1n) is 9.99. The van der Waals surface area contributed by atoms with Crippen LogP contribution in [0, 0.1) is 0 Å². The first-order valence-corrected chi connectivity index (χ1v) is 9.99. The van der Waals surface area contributed by atoms with Crippen LogP contribution in [0.3, 0.4) is 0 Å². The van der Waals surface area contributed by atoms with Crippen molar-refractivity contribution in [3.8, 4) is 5.75 Å². The summed E-state index contributed by atoms with van der Waals surface area (Å²) < 4.78 is 5.74. The van der Waals surface area contributed by atoms with Crippen LogP contribution in [-0.2, 0) is 16.0 Å². The molecular weight excluding hydrogens is 352 g/mol. The highest BCUT2D eigenvalue weighted by atomic mass is 16.5. The molecule has 28 heavy (non-hydrogen) atoms. The fourth-order valence-corrected chi connectivity index (χ4v) is 3.53. The van der Waals surface area contributed by atoms with Gasteiger partial charge in [0, 0.05) is 24.7 Å². The summed E-state index contributed by atoms with van der Waals surface area (Å²) in [5.41, 5.74) is 3.00. The van der Waals surface area contributed by atoms with Crippen molar-refractivity contribution in [2.45, 2.75) is 45.6 Å². The van der Waals surface area contributed by atoms with Gasteiger partial charge in [-0.25, -0.2) is 0 Å². The summed E-state index contributed by atoms with van der Waals surface area (Å²) in [5, 5.41) is 2.82. The quantitative estimate of drug-likeness (QED) is 0.669. The lowest BCUT2D eigenvalue weighted by Gasteiger charge is -2.18. The fraction of sp³-hybridized carbons (Fsp3) is 0.391. The van der Waals surface area contributed by atoms with Crippen molar-refractivity contribution in [3.63, 3.8) is 0 Å². The molecule has 5 nitrogen and oxygen atoms in total. The second-order valence-electron chi connectivity index (χ2n) is 7.14. The minimum absolute atomic E-state index is 0.0717. The smallest absolute Gasteiger partial charge is 0.254 e. The van der Waals surface area contributed by atoms with Gasteiger partial charge in [0.05, 0.1) is 6.61 Å². The van der Waals surface area contributed by atoms with E-state index in [1.165, 1.54) is 12.5 Å². The van der Waals surface area contributed by atoms with Crippen molar-refractivity contribution in [1.29, 1.82) is 0 Å². The zero-order chi connectivity index (χ0) is 19.9. The average molecular weight is 380 g/mol. The van der Waals surface area contributed by atoms with Gasteiger partial charge < -0.3 is 15.0 Å². The van der Waals surface area contributed by atoms with Crippen LogP contribution in [0.15, 0.2) is 48.5 Å². The number of anilines is 1. The van der Waals surface area contributed by atoms with E-state index < -0.39 is 6.04 Å². The summed E-state index contributed by atoms with van der Waals surface area (Å²) in [7, 11) is 0. The molecule has 0 fully saturated rings. The highest BCUT2D eigenvalue weighted by molar-refractivity contribution is 6.06. The Morgan fingerprint density at radius 2 is 1.93 bits per heavy atom. The lowest BCUT2D eigenvalue weighted by molar-refractivity contribution is -0.126. The summed E-state index contributed by atoms with van der Waals surface area (Å²) >= 11 is 0. The number of hydrogen-bond acceptors (Lipinski definition) is 3. The van der Waals surface area contributed by atoms with Crippen LogP contribution >= 0.6 is 0 Å². The SMILES string of the molecule is CCCCc1ccc2c(c1)[C@@H](NC(C)=O)C(=O)N2CCCOc1ccccc1. The third-order valence-electron chi connectivity index (χ3n) is 4.91. The highest BCUT2D eigenvalue weighted by Crippen LogP contribution is 2.37. The molecule has 0 radical (unpaired) electrons. The van der Waals surface area contributed by atoms with Gasteiger partial charge in [-0.2, -0.15) is 0 Å². The first kappa shape index (κ1) is 19.9. The molecule has 0 saturated carbocycles. The summed E-state index contributed by atoms with van der Waals surface area (Å²) in [6, 6.07) is 15.2. The second kappa shape index (κ2) is 9.40. The van der Waals surface area contributed by atoms with E-state index in [1.807, 2.05) is 36.4 Å². The molecule has 0 saturated heterocycles. The second-order valence-corrected chi connectivity index (χ2v) is 7.14. The third-order valence-corrected chi connectivity index (χ3v) is 4.91. The fourth-order valence-electron chi connectivity index (χ4n) is 3.53. The Balaban J connectivity index is 1.69. The van der Waals surface area contributed by atoms with Crippen LogP contribution < -0.4 is 15.0 Å². The number of ether oxygens (including phenoxy) is 1. The van der Waals surface area contributed by atoms with Crippen molar-refractivity contribution < 1.29 is 14.3 Å². The standard InChI is InChI=1S/C23H28N2O3/c1-3-4-9-18-12-13-21-20(16-18)22(24-17(2)26)23(27)25(21)14-8-15-28-19-10-6-5-7-11-19/h5-7,10-13,16,22H,3-4,8-9,14-15H2,1-2H3,(H,24,26)/t22-/m1/s1. The molecule has 1 atom stereocenters. The number of benzene rings is 2. The van der Waals surface area contributed by atoms with E-state index in [-0.39, 0.29) is 11.8 Å². The number of para-hydroxylation sites is 1. The molecule has 0 spiro atoms. The van der Waals surface area contributed by atoms with E-state index in [4.69, 9.17) is 4.74 Å². The van der Waals surface area contributed by atoms with Gasteiger partial charge in [-0.3, -0.25) is 9.59 Å². The lowest BCUT2D eigenvalue weighted by atomic mass is 10.0. The van der Waals surface area contributed by atoms with Gasteiger partial charge in [0.2, 0.25) is 5.91 Å². The van der Waals surface area contributed by atoms with Crippen molar-refractivity contribution >= 4 is 17.5 Å². The molecule has 3 rings (SSSR count). The molecule has 1 heterocycles. The number of nitrogens with one attached hydrogen (secondary N) is 1. The van der Waals surface area contributed by atoms with Crippen molar-refractivity contribution in [2.75, 3.05) is 18.1 Å². The van der Waals surface area contributed by atoms with Crippen molar-refractivity contribution in [1.82, 2.24) is 5.32 Å². The largest absolute Gasteiger partial charge is 0.494 e. The molecule has 148 valence electrons. The number of fused-ring (bicyclic) bond motifs is 1. The number of hydrogen-bond donors (Lipinski definition) is 1. The van der Waals surface area contributed by atoms with Gasteiger partial charge in [-0.15, -0.1) is 0 Å². The van der Waals surface area contributed by atoms with Crippen LogP contribution in [0.25, 0.3) is 0 Å². The van der Waals surface area contributed by atoms with Crippen LogP contribution in [-0.4, -0.2) is 25.0 Å². The van der Waals surface area contributed by atoms with Crippen LogP contribution in [0.1, 0.15) is 50.3 Å². The number of unbranched alkanes of at least 4 members (excludes halogenated alkanes) is 1. The number of amides is 2. The number of carbonyl (C=O) groups is 2. The zero-order valence-corrected chi connectivity index (χ0v) is 16.6. The molecular formula is C23H28N2O3. The highest BCUT2D eigenvalue weighted by Gasteiger charge is 2.37. The van der Waals surface area contributed by atoms with Gasteiger partial charge in [-0.1, -0.05) is 43.7 Å². The number of aryl methyl sites for hydroxylation is 1. The number of nitrogens with zero attached hydrogens (tertiary/aromatic N) is 1. The summed E-state index contributed by atoms with van der Waals surface area (Å²) in [4.78, 5) is 26.4. The monoisotopic (exact) mass is 380 g/mol. The Bertz CT molecular complexity index is 820. The Kier molecular flexibility index (Phi) is 6.69. The topological polar surface area (TPSA) is 58.6 Å². The minimum atomic E-state index is -0.593. The van der Waals surface area contributed by atoms with E-state index in [0.717, 1.165) is 36.3 Å². The van der Waals surface area contributed by atoms with E-state index in [1.54, 1.807) is 4.90 Å². The maximum absolute atomic E-state index is 13.0. The van der Waals surface area contributed by atoms with E-state index in [0.29, 0.717) is 19.6 Å². The molecule has 0 aliphatic carbocycles. The Morgan fingerprint density at radius 1 is 1.14 bits per heavy atom. The molecule has 0 unspecified atom stereocenters. The Morgan fingerprint density at radius 3 is 2.64 bits per heavy atom. The third kappa shape index (κ3) is 4.71. The van der Waals surface area contributed by atoms with Crippen LogP contribution in [0.4, 0.5) is 5.69 Å². The maximum atomic E-state index is 13.0. The zero-order valence-electron chi connectivity index (χ0n) is 16.6. The molecule has 1 aliphatic heterocycles. The predicted molar refractivity (Wildman–Crippen MR) is 111 cm³/mol. The van der Waals surface area contributed by atoms with E-state index in [2.05, 4.69) is 24.4 Å². The van der Waals surface area contributed by atoms with Crippen molar-refractivity contribution in [2.24, 2.45) is 0 Å². The predicted octanol–water partition coefficient (Wildman–Crippen LogP) is 4.02. The molecule has 1 N–H and O–H groups in total. The van der Waals surface area contributed by atoms with Crippen LogP contribution in [0.5, 0.6) is 5.75 Å². The molecule has 1 aliphatic rings. The number of carbonyl (C=O) groups excluding carboxylic acids is 2. The lowest BCUT2D eigenvalue weighted by Crippen LogP contribution is -2.37. The minimum Gasteiger partial charge on any atom is -0.494 e. The molecule has 0 aromatic heterocycles. The van der Waals surface area contributed by atoms with Gasteiger partial charge in [0.25, 0.3) is 5.91 Å². The first-order chi connectivity index (χ1) is 13.6. The van der Waals surface area contributed by atoms with Gasteiger partial charge in [0.15, 0.2) is 0 Å². The molecule has 2 aromatic carbocycles.